The van der Waals surface area contributed by atoms with Crippen LogP contribution in [0, 0.1) is 0 Å². The number of fused-ring (bicyclic) bond motifs is 1. The molecule has 0 radical (unpaired) electrons. The van der Waals surface area contributed by atoms with Crippen LogP contribution in [0.25, 0.3) is 10.9 Å². The van der Waals surface area contributed by atoms with Gasteiger partial charge in [-0.05, 0) is 24.5 Å². The molecular weight excluding hydrogens is 232 g/mol. The Balaban J connectivity index is 2.91. The van der Waals surface area contributed by atoms with E-state index >= 15 is 0 Å². The van der Waals surface area contributed by atoms with Crippen molar-refractivity contribution in [3.8, 4) is 0 Å². The Kier molecular flexibility index (Phi) is 2.71. The van der Waals surface area contributed by atoms with E-state index in [1.165, 1.54) is 11.8 Å². The Morgan fingerprint density at radius 1 is 1.47 bits per heavy atom. The fourth-order valence-electron chi connectivity index (χ4n) is 1.41. The molecule has 2 aromatic rings. The predicted octanol–water partition coefficient (Wildman–Crippen LogP) is 2.31. The van der Waals surface area contributed by atoms with Gasteiger partial charge in [-0.2, -0.15) is 0 Å². The SMILES string of the molecule is CSc1nc2cc(Cl)ccc2c(=O)n1C. The highest BCUT2D eigenvalue weighted by Gasteiger charge is 2.07. The van der Waals surface area contributed by atoms with E-state index in [2.05, 4.69) is 4.98 Å². The van der Waals surface area contributed by atoms with E-state index in [1.807, 2.05) is 6.26 Å². The van der Waals surface area contributed by atoms with Crippen molar-refractivity contribution in [1.29, 1.82) is 0 Å². The van der Waals surface area contributed by atoms with Crippen molar-refractivity contribution in [2.75, 3.05) is 6.26 Å². The molecule has 0 aliphatic rings. The van der Waals surface area contributed by atoms with Crippen LogP contribution >= 0.6 is 23.4 Å². The smallest absolute Gasteiger partial charge is 0.261 e. The summed E-state index contributed by atoms with van der Waals surface area (Å²) in [6.07, 6.45) is 1.89. The lowest BCUT2D eigenvalue weighted by molar-refractivity contribution is 0.727. The van der Waals surface area contributed by atoms with Gasteiger partial charge in [0, 0.05) is 12.1 Å². The number of halogens is 1. The van der Waals surface area contributed by atoms with Gasteiger partial charge in [-0.1, -0.05) is 23.4 Å². The van der Waals surface area contributed by atoms with Gasteiger partial charge in [-0.15, -0.1) is 0 Å². The van der Waals surface area contributed by atoms with Gasteiger partial charge < -0.3 is 0 Å². The van der Waals surface area contributed by atoms with Crippen LogP contribution in [0.5, 0.6) is 0 Å². The van der Waals surface area contributed by atoms with Crippen LogP contribution in [0.4, 0.5) is 0 Å². The Morgan fingerprint density at radius 2 is 2.20 bits per heavy atom. The molecule has 0 bridgehead atoms. The minimum Gasteiger partial charge on any atom is -0.290 e. The Labute approximate surface area is 96.1 Å². The van der Waals surface area contributed by atoms with Crippen molar-refractivity contribution in [2.45, 2.75) is 5.16 Å². The molecule has 2 rings (SSSR count). The van der Waals surface area contributed by atoms with Crippen LogP contribution in [-0.2, 0) is 7.05 Å². The van der Waals surface area contributed by atoms with Crippen molar-refractivity contribution in [3.63, 3.8) is 0 Å². The third-order valence-corrected chi connectivity index (χ3v) is 3.15. The largest absolute Gasteiger partial charge is 0.290 e. The summed E-state index contributed by atoms with van der Waals surface area (Å²) < 4.78 is 1.54. The summed E-state index contributed by atoms with van der Waals surface area (Å²) in [5, 5.41) is 1.88. The van der Waals surface area contributed by atoms with E-state index in [0.29, 0.717) is 21.1 Å². The predicted molar refractivity (Wildman–Crippen MR) is 63.8 cm³/mol. The summed E-state index contributed by atoms with van der Waals surface area (Å²) in [6, 6.07) is 5.11. The summed E-state index contributed by atoms with van der Waals surface area (Å²) >= 11 is 7.29. The highest BCUT2D eigenvalue weighted by atomic mass is 35.5. The monoisotopic (exact) mass is 240 g/mol. The Bertz CT molecular complexity index is 579. The van der Waals surface area contributed by atoms with Gasteiger partial charge >= 0.3 is 0 Å². The molecule has 0 unspecified atom stereocenters. The number of nitrogens with zero attached hydrogens (tertiary/aromatic N) is 2. The lowest BCUT2D eigenvalue weighted by Gasteiger charge is -2.06. The van der Waals surface area contributed by atoms with Gasteiger partial charge in [0.2, 0.25) is 0 Å². The highest BCUT2D eigenvalue weighted by molar-refractivity contribution is 7.98. The first-order valence-electron chi connectivity index (χ1n) is 4.34. The van der Waals surface area contributed by atoms with Crippen molar-refractivity contribution >= 4 is 34.3 Å². The maximum Gasteiger partial charge on any atom is 0.261 e. The summed E-state index contributed by atoms with van der Waals surface area (Å²) in [5.74, 6) is 0. The van der Waals surface area contributed by atoms with E-state index in [1.54, 1.807) is 29.8 Å². The number of benzene rings is 1. The molecule has 78 valence electrons. The number of aromatic nitrogens is 2. The lowest BCUT2D eigenvalue weighted by atomic mass is 10.2. The number of hydrogen-bond donors (Lipinski definition) is 0. The number of thioether (sulfide) groups is 1. The van der Waals surface area contributed by atoms with Crippen molar-refractivity contribution < 1.29 is 0 Å². The van der Waals surface area contributed by atoms with Gasteiger partial charge in [0.15, 0.2) is 5.16 Å². The van der Waals surface area contributed by atoms with E-state index in [0.717, 1.165) is 0 Å². The molecule has 5 heteroatoms. The average Bonchev–Trinajstić information content (AvgIpc) is 2.23. The molecule has 1 heterocycles. The second kappa shape index (κ2) is 3.87. The molecule has 15 heavy (non-hydrogen) atoms. The van der Waals surface area contributed by atoms with Crippen LogP contribution < -0.4 is 5.56 Å². The molecule has 1 aromatic heterocycles. The molecule has 0 saturated heterocycles. The molecule has 0 saturated carbocycles. The van der Waals surface area contributed by atoms with Gasteiger partial charge in [-0.3, -0.25) is 9.36 Å². The minimum atomic E-state index is -0.0407. The van der Waals surface area contributed by atoms with Gasteiger partial charge in [0.25, 0.3) is 5.56 Å². The molecule has 3 nitrogen and oxygen atoms in total. The third-order valence-electron chi connectivity index (χ3n) is 2.18. The standard InChI is InChI=1S/C10H9ClN2OS/c1-13-9(14)7-4-3-6(11)5-8(7)12-10(13)15-2/h3-5H,1-2H3. The highest BCUT2D eigenvalue weighted by Crippen LogP contribution is 2.17. The molecule has 0 amide bonds. The fourth-order valence-corrected chi connectivity index (χ4v) is 2.12. The van der Waals surface area contributed by atoms with Crippen LogP contribution in [0.1, 0.15) is 0 Å². The van der Waals surface area contributed by atoms with Crippen molar-refractivity contribution in [3.05, 3.63) is 33.6 Å². The molecule has 0 aliphatic heterocycles. The number of hydrogen-bond acceptors (Lipinski definition) is 3. The third kappa shape index (κ3) is 1.75. The van der Waals surface area contributed by atoms with Gasteiger partial charge in [0.1, 0.15) is 0 Å². The Hall–Kier alpha value is -1.00. The second-order valence-corrected chi connectivity index (χ2v) is 4.33. The topological polar surface area (TPSA) is 34.9 Å². The van der Waals surface area contributed by atoms with E-state index < -0.39 is 0 Å². The van der Waals surface area contributed by atoms with Crippen LogP contribution in [0.2, 0.25) is 5.02 Å². The second-order valence-electron chi connectivity index (χ2n) is 3.12. The van der Waals surface area contributed by atoms with Crippen molar-refractivity contribution in [1.82, 2.24) is 9.55 Å². The zero-order chi connectivity index (χ0) is 11.0. The average molecular weight is 241 g/mol. The molecule has 0 aliphatic carbocycles. The molecular formula is C10H9ClN2OS. The van der Waals surface area contributed by atoms with Crippen LogP contribution in [0.15, 0.2) is 28.2 Å². The molecule has 0 N–H and O–H groups in total. The maximum absolute atomic E-state index is 11.9. The van der Waals surface area contributed by atoms with Crippen LogP contribution in [0.3, 0.4) is 0 Å². The summed E-state index contributed by atoms with van der Waals surface area (Å²) in [4.78, 5) is 16.2. The molecule has 0 atom stereocenters. The lowest BCUT2D eigenvalue weighted by Crippen LogP contribution is -2.19. The zero-order valence-corrected chi connectivity index (χ0v) is 9.89. The van der Waals surface area contributed by atoms with E-state index in [9.17, 15) is 4.79 Å². The van der Waals surface area contributed by atoms with Gasteiger partial charge in [0.05, 0.1) is 10.9 Å². The quantitative estimate of drug-likeness (QED) is 0.567. The van der Waals surface area contributed by atoms with Crippen LogP contribution in [-0.4, -0.2) is 15.8 Å². The first-order valence-corrected chi connectivity index (χ1v) is 5.94. The molecule has 1 aromatic carbocycles. The first-order chi connectivity index (χ1) is 7.13. The summed E-state index contributed by atoms with van der Waals surface area (Å²) in [6.45, 7) is 0. The van der Waals surface area contributed by atoms with Crippen molar-refractivity contribution in [2.24, 2.45) is 7.05 Å². The van der Waals surface area contributed by atoms with E-state index in [4.69, 9.17) is 11.6 Å². The summed E-state index contributed by atoms with van der Waals surface area (Å²) in [7, 11) is 1.72. The Morgan fingerprint density at radius 3 is 2.87 bits per heavy atom. The number of rotatable bonds is 1. The first kappa shape index (κ1) is 10.5. The fraction of sp³-hybridized carbons (Fsp3) is 0.200. The minimum absolute atomic E-state index is 0.0407. The maximum atomic E-state index is 11.9. The normalized spacial score (nSPS) is 10.9. The van der Waals surface area contributed by atoms with Gasteiger partial charge in [-0.25, -0.2) is 4.98 Å². The van der Waals surface area contributed by atoms with E-state index in [-0.39, 0.29) is 5.56 Å². The zero-order valence-electron chi connectivity index (χ0n) is 8.32. The molecule has 0 fully saturated rings. The summed E-state index contributed by atoms with van der Waals surface area (Å²) in [5.41, 5.74) is 0.607. The molecule has 0 spiro atoms.